The quantitative estimate of drug-likeness (QED) is 0.783. The molecule has 0 aromatic heterocycles. The fourth-order valence-corrected chi connectivity index (χ4v) is 2.94. The summed E-state index contributed by atoms with van der Waals surface area (Å²) in [4.78, 5) is 12.5. The molecule has 1 atom stereocenters. The minimum Gasteiger partial charge on any atom is -0.508 e. The van der Waals surface area contributed by atoms with E-state index in [0.29, 0.717) is 16.9 Å². The predicted molar refractivity (Wildman–Crippen MR) is 86.2 cm³/mol. The Morgan fingerprint density at radius 2 is 1.79 bits per heavy atom. The van der Waals surface area contributed by atoms with Gasteiger partial charge in [-0.15, -0.1) is 0 Å². The van der Waals surface area contributed by atoms with Crippen LogP contribution in [0.3, 0.4) is 0 Å². The fraction of sp³-hybridized carbons (Fsp3) is 0.278. The van der Waals surface area contributed by atoms with Crippen LogP contribution in [-0.4, -0.2) is 28.2 Å². The minimum atomic E-state index is -0.647. The summed E-state index contributed by atoms with van der Waals surface area (Å²) in [6.45, 7) is 3.16. The monoisotopic (exact) mass is 330 g/mol. The van der Waals surface area contributed by atoms with Crippen molar-refractivity contribution in [2.45, 2.75) is 26.4 Å². The summed E-state index contributed by atoms with van der Waals surface area (Å²) in [6.07, 6.45) is -0.636. The molecule has 6 heteroatoms. The predicted octanol–water partition coefficient (Wildman–Crippen LogP) is 3.14. The second-order valence-corrected chi connectivity index (χ2v) is 5.85. The van der Waals surface area contributed by atoms with Crippen LogP contribution in [0.2, 0.25) is 0 Å². The fourth-order valence-electron chi connectivity index (χ4n) is 2.94. The standard InChI is InChI=1S/C18H18O6/c1-8-16(21)9(2)18-15(17(8)22)13(20)7-14(24-18)10-4-11(19)6-12(5-10)23-3/h4-6,14,19,21-22H,7H2,1-3H3/t14-/m0/s1. The normalized spacial score (nSPS) is 16.5. The maximum atomic E-state index is 12.5. The number of aromatic hydroxyl groups is 3. The Bertz CT molecular complexity index is 840. The number of phenolic OH excluding ortho intramolecular Hbond substituents is 3. The molecule has 2 aromatic rings. The van der Waals surface area contributed by atoms with Crippen LogP contribution in [-0.2, 0) is 0 Å². The molecule has 126 valence electrons. The summed E-state index contributed by atoms with van der Waals surface area (Å²) in [7, 11) is 1.48. The molecule has 0 fully saturated rings. The van der Waals surface area contributed by atoms with E-state index in [9.17, 15) is 20.1 Å². The first kappa shape index (κ1) is 16.0. The average molecular weight is 330 g/mol. The van der Waals surface area contributed by atoms with E-state index in [-0.39, 0.29) is 46.3 Å². The molecule has 3 rings (SSSR count). The molecule has 0 spiro atoms. The summed E-state index contributed by atoms with van der Waals surface area (Å²) in [6, 6.07) is 4.62. The average Bonchev–Trinajstić information content (AvgIpc) is 2.56. The Morgan fingerprint density at radius 1 is 1.08 bits per heavy atom. The van der Waals surface area contributed by atoms with Gasteiger partial charge in [-0.1, -0.05) is 0 Å². The molecule has 0 radical (unpaired) electrons. The summed E-state index contributed by atoms with van der Waals surface area (Å²) < 4.78 is 11.0. The van der Waals surface area contributed by atoms with Crippen LogP contribution in [0, 0.1) is 13.8 Å². The number of Topliss-reactive ketones (excluding diaryl/α,β-unsaturated/α-hetero) is 1. The van der Waals surface area contributed by atoms with Gasteiger partial charge >= 0.3 is 0 Å². The first-order valence-electron chi connectivity index (χ1n) is 7.46. The number of ketones is 1. The van der Waals surface area contributed by atoms with E-state index < -0.39 is 6.10 Å². The number of carbonyl (C=O) groups excluding carboxylic acids is 1. The molecular formula is C18H18O6. The minimum absolute atomic E-state index is 0.00230. The SMILES string of the molecule is COc1cc(O)cc([C@@H]2CC(=O)c3c(O)c(C)c(O)c(C)c3O2)c1. The lowest BCUT2D eigenvalue weighted by Gasteiger charge is -2.28. The third-order valence-electron chi connectivity index (χ3n) is 4.30. The lowest BCUT2D eigenvalue weighted by Crippen LogP contribution is -2.21. The highest BCUT2D eigenvalue weighted by Crippen LogP contribution is 2.47. The maximum absolute atomic E-state index is 12.5. The van der Waals surface area contributed by atoms with Crippen LogP contribution in [0.1, 0.15) is 39.6 Å². The largest absolute Gasteiger partial charge is 0.508 e. The van der Waals surface area contributed by atoms with Crippen LogP contribution in [0.15, 0.2) is 18.2 Å². The molecule has 0 saturated carbocycles. The van der Waals surface area contributed by atoms with Crippen molar-refractivity contribution in [2.24, 2.45) is 0 Å². The van der Waals surface area contributed by atoms with Gasteiger partial charge in [-0.2, -0.15) is 0 Å². The molecule has 1 aliphatic heterocycles. The van der Waals surface area contributed by atoms with E-state index in [1.165, 1.54) is 26.2 Å². The van der Waals surface area contributed by atoms with E-state index in [4.69, 9.17) is 9.47 Å². The number of hydrogen-bond acceptors (Lipinski definition) is 6. The molecular weight excluding hydrogens is 312 g/mol. The third-order valence-corrected chi connectivity index (χ3v) is 4.30. The van der Waals surface area contributed by atoms with Crippen molar-refractivity contribution in [3.05, 3.63) is 40.5 Å². The summed E-state index contributed by atoms with van der Waals surface area (Å²) in [5.74, 6) is -0.0414. The third kappa shape index (κ3) is 2.40. The number of carbonyl (C=O) groups is 1. The molecule has 0 saturated heterocycles. The van der Waals surface area contributed by atoms with Crippen LogP contribution >= 0.6 is 0 Å². The van der Waals surface area contributed by atoms with Gasteiger partial charge in [-0.05, 0) is 26.0 Å². The number of methoxy groups -OCH3 is 1. The van der Waals surface area contributed by atoms with Crippen molar-refractivity contribution in [1.82, 2.24) is 0 Å². The van der Waals surface area contributed by atoms with Gasteiger partial charge in [0.05, 0.1) is 13.5 Å². The van der Waals surface area contributed by atoms with Gasteiger partial charge < -0.3 is 24.8 Å². The van der Waals surface area contributed by atoms with Gasteiger partial charge in [-0.3, -0.25) is 4.79 Å². The molecule has 2 aromatic carbocycles. The van der Waals surface area contributed by atoms with Gasteiger partial charge in [0.1, 0.15) is 40.4 Å². The summed E-state index contributed by atoms with van der Waals surface area (Å²) in [5.41, 5.74) is 1.31. The van der Waals surface area contributed by atoms with E-state index in [2.05, 4.69) is 0 Å². The van der Waals surface area contributed by atoms with Gasteiger partial charge in [0, 0.05) is 22.8 Å². The lowest BCUT2D eigenvalue weighted by atomic mass is 9.91. The highest BCUT2D eigenvalue weighted by atomic mass is 16.5. The Kier molecular flexibility index (Phi) is 3.75. The zero-order chi connectivity index (χ0) is 17.6. The second-order valence-electron chi connectivity index (χ2n) is 5.85. The molecule has 1 heterocycles. The van der Waals surface area contributed by atoms with Gasteiger partial charge in [-0.25, -0.2) is 0 Å². The number of hydrogen-bond donors (Lipinski definition) is 3. The van der Waals surface area contributed by atoms with E-state index in [0.717, 1.165) is 0 Å². The highest BCUT2D eigenvalue weighted by molar-refractivity contribution is 6.03. The molecule has 0 amide bonds. The molecule has 1 aliphatic rings. The van der Waals surface area contributed by atoms with Crippen LogP contribution in [0.25, 0.3) is 0 Å². The highest BCUT2D eigenvalue weighted by Gasteiger charge is 2.34. The first-order valence-corrected chi connectivity index (χ1v) is 7.46. The second kappa shape index (κ2) is 5.63. The molecule has 0 unspecified atom stereocenters. The Labute approximate surface area is 138 Å². The van der Waals surface area contributed by atoms with E-state index in [1.807, 2.05) is 0 Å². The molecule has 24 heavy (non-hydrogen) atoms. The first-order chi connectivity index (χ1) is 11.3. The maximum Gasteiger partial charge on any atom is 0.174 e. The van der Waals surface area contributed by atoms with E-state index in [1.54, 1.807) is 13.0 Å². The Morgan fingerprint density at radius 3 is 2.46 bits per heavy atom. The van der Waals surface area contributed by atoms with Crippen molar-refractivity contribution in [1.29, 1.82) is 0 Å². The summed E-state index contributed by atoms with van der Waals surface area (Å²) in [5, 5.41) is 30.1. The number of ether oxygens (including phenoxy) is 2. The zero-order valence-electron chi connectivity index (χ0n) is 13.6. The van der Waals surface area contributed by atoms with Gasteiger partial charge in [0.2, 0.25) is 0 Å². The van der Waals surface area contributed by atoms with Crippen LogP contribution in [0.4, 0.5) is 0 Å². The van der Waals surface area contributed by atoms with E-state index >= 15 is 0 Å². The topological polar surface area (TPSA) is 96.2 Å². The summed E-state index contributed by atoms with van der Waals surface area (Å²) >= 11 is 0. The number of benzene rings is 2. The molecule has 6 nitrogen and oxygen atoms in total. The van der Waals surface area contributed by atoms with Gasteiger partial charge in [0.15, 0.2) is 5.78 Å². The van der Waals surface area contributed by atoms with Crippen molar-refractivity contribution in [3.63, 3.8) is 0 Å². The Hall–Kier alpha value is -2.89. The number of phenols is 3. The number of fused-ring (bicyclic) bond motifs is 1. The van der Waals surface area contributed by atoms with Crippen LogP contribution in [0.5, 0.6) is 28.7 Å². The Balaban J connectivity index is 2.10. The number of rotatable bonds is 2. The van der Waals surface area contributed by atoms with Crippen molar-refractivity contribution in [3.8, 4) is 28.7 Å². The van der Waals surface area contributed by atoms with Gasteiger partial charge in [0.25, 0.3) is 0 Å². The molecule has 0 aliphatic carbocycles. The van der Waals surface area contributed by atoms with Crippen LogP contribution < -0.4 is 9.47 Å². The van der Waals surface area contributed by atoms with Crippen molar-refractivity contribution in [2.75, 3.05) is 7.11 Å². The van der Waals surface area contributed by atoms with Crippen molar-refractivity contribution >= 4 is 5.78 Å². The molecule has 0 bridgehead atoms. The molecule has 3 N–H and O–H groups in total. The smallest absolute Gasteiger partial charge is 0.174 e. The van der Waals surface area contributed by atoms with Crippen molar-refractivity contribution < 1.29 is 29.6 Å². The lowest BCUT2D eigenvalue weighted by molar-refractivity contribution is 0.0841. The zero-order valence-corrected chi connectivity index (χ0v) is 13.6.